The van der Waals surface area contributed by atoms with E-state index in [-0.39, 0.29) is 54.2 Å². The van der Waals surface area contributed by atoms with E-state index < -0.39 is 27.7 Å². The van der Waals surface area contributed by atoms with Crippen LogP contribution in [0.15, 0.2) is 59.5 Å². The Labute approximate surface area is 228 Å². The van der Waals surface area contributed by atoms with E-state index in [0.29, 0.717) is 11.4 Å². The average Bonchev–Trinajstić information content (AvgIpc) is 2.92. The summed E-state index contributed by atoms with van der Waals surface area (Å²) in [4.78, 5) is 18.3. The molecule has 3 N–H and O–H groups in total. The predicted molar refractivity (Wildman–Crippen MR) is 141 cm³/mol. The van der Waals surface area contributed by atoms with Crippen molar-refractivity contribution in [2.24, 2.45) is 5.73 Å². The van der Waals surface area contributed by atoms with Gasteiger partial charge in [0.1, 0.15) is 16.7 Å². The highest BCUT2D eigenvalue weighted by atomic mass is 35.5. The summed E-state index contributed by atoms with van der Waals surface area (Å²) in [6.45, 7) is 0.569. The molecule has 0 radical (unpaired) electrons. The third kappa shape index (κ3) is 6.44. The summed E-state index contributed by atoms with van der Waals surface area (Å²) in [7, 11) is -2.45. The highest BCUT2D eigenvalue weighted by Crippen LogP contribution is 2.33. The van der Waals surface area contributed by atoms with E-state index >= 15 is 0 Å². The van der Waals surface area contributed by atoms with Crippen molar-refractivity contribution < 1.29 is 31.1 Å². The fourth-order valence-corrected chi connectivity index (χ4v) is 5.71. The van der Waals surface area contributed by atoms with Gasteiger partial charge in [-0.2, -0.15) is 17.5 Å². The molecule has 1 saturated heterocycles. The highest BCUT2D eigenvalue weighted by molar-refractivity contribution is 7.89. The van der Waals surface area contributed by atoms with Gasteiger partial charge in [0.15, 0.2) is 0 Å². The molecule has 1 amide bonds. The minimum atomic E-state index is -4.58. The van der Waals surface area contributed by atoms with Crippen LogP contribution in [-0.2, 0) is 22.7 Å². The summed E-state index contributed by atoms with van der Waals surface area (Å²) in [5.74, 6) is -0.0524. The number of carbonyl (C=O) groups excluding carboxylic acids is 1. The van der Waals surface area contributed by atoms with Crippen LogP contribution in [0.5, 0.6) is 5.75 Å². The van der Waals surface area contributed by atoms with Gasteiger partial charge in [-0.25, -0.2) is 13.4 Å². The summed E-state index contributed by atoms with van der Waals surface area (Å²) in [5, 5.41) is 2.41. The van der Waals surface area contributed by atoms with Gasteiger partial charge >= 0.3 is 6.18 Å². The molecule has 0 spiro atoms. The van der Waals surface area contributed by atoms with Gasteiger partial charge in [0, 0.05) is 38.4 Å². The molecule has 2 heterocycles. The van der Waals surface area contributed by atoms with Gasteiger partial charge in [0.05, 0.1) is 23.1 Å². The second-order valence-electron chi connectivity index (χ2n) is 8.64. The third-order valence-corrected chi connectivity index (χ3v) is 8.27. The number of carbonyl (C=O) groups is 1. The zero-order valence-corrected chi connectivity index (χ0v) is 22.3. The highest BCUT2D eigenvalue weighted by Gasteiger charge is 2.33. The van der Waals surface area contributed by atoms with Crippen LogP contribution in [-0.4, -0.2) is 56.9 Å². The SMILES string of the molecule is COc1ccc(CN)cc1C(=O)Nc1ccc(S(=O)(=O)N2CCN(c3cc(C(F)(F)F)cc(Cl)n3)CC2)cc1. The van der Waals surface area contributed by atoms with E-state index in [4.69, 9.17) is 22.1 Å². The number of nitrogens with two attached hydrogens (primary N) is 1. The number of hydrogen-bond donors (Lipinski definition) is 2. The van der Waals surface area contributed by atoms with Crippen molar-refractivity contribution in [3.63, 3.8) is 0 Å². The van der Waals surface area contributed by atoms with Gasteiger partial charge < -0.3 is 20.7 Å². The molecule has 39 heavy (non-hydrogen) atoms. The lowest BCUT2D eigenvalue weighted by molar-refractivity contribution is -0.137. The maximum absolute atomic E-state index is 13.2. The first-order chi connectivity index (χ1) is 18.4. The first kappa shape index (κ1) is 28.6. The quantitative estimate of drug-likeness (QED) is 0.404. The minimum Gasteiger partial charge on any atom is -0.496 e. The normalized spacial score (nSPS) is 14.8. The van der Waals surface area contributed by atoms with E-state index in [1.807, 2.05) is 0 Å². The lowest BCUT2D eigenvalue weighted by Crippen LogP contribution is -2.49. The van der Waals surface area contributed by atoms with Gasteiger partial charge in [-0.15, -0.1) is 0 Å². The molecule has 1 aliphatic rings. The first-order valence-corrected chi connectivity index (χ1v) is 13.5. The summed E-state index contributed by atoms with van der Waals surface area (Å²) >= 11 is 5.78. The first-order valence-electron chi connectivity index (χ1n) is 11.7. The van der Waals surface area contributed by atoms with Gasteiger partial charge in [-0.3, -0.25) is 4.79 Å². The molecule has 0 bridgehead atoms. The molecule has 0 saturated carbocycles. The molecule has 1 aliphatic heterocycles. The Morgan fingerprint density at radius 2 is 1.74 bits per heavy atom. The summed E-state index contributed by atoms with van der Waals surface area (Å²) in [6, 6.07) is 12.3. The van der Waals surface area contributed by atoms with Crippen LogP contribution in [0.2, 0.25) is 5.15 Å². The number of aromatic nitrogens is 1. The van der Waals surface area contributed by atoms with Crippen LogP contribution in [0.3, 0.4) is 0 Å². The fourth-order valence-electron chi connectivity index (χ4n) is 4.08. The number of nitrogens with one attached hydrogen (secondary N) is 1. The van der Waals surface area contributed by atoms with Gasteiger partial charge in [-0.1, -0.05) is 17.7 Å². The molecular formula is C25H25ClF3N5O4S. The number of amides is 1. The topological polar surface area (TPSA) is 118 Å². The van der Waals surface area contributed by atoms with Crippen LogP contribution < -0.4 is 20.7 Å². The lowest BCUT2D eigenvalue weighted by Gasteiger charge is -2.35. The van der Waals surface area contributed by atoms with Crippen LogP contribution in [0.1, 0.15) is 21.5 Å². The molecule has 0 aliphatic carbocycles. The predicted octanol–water partition coefficient (Wildman–Crippen LogP) is 3.98. The van der Waals surface area contributed by atoms with E-state index in [0.717, 1.165) is 17.7 Å². The molecule has 14 heteroatoms. The molecule has 1 fully saturated rings. The summed E-state index contributed by atoms with van der Waals surface area (Å²) in [5.41, 5.74) is 6.14. The number of pyridine rings is 1. The molecule has 208 valence electrons. The van der Waals surface area contributed by atoms with Crippen molar-refractivity contribution >= 4 is 39.0 Å². The number of sulfonamides is 1. The van der Waals surface area contributed by atoms with Crippen LogP contribution >= 0.6 is 11.6 Å². The number of methoxy groups -OCH3 is 1. The van der Waals surface area contributed by atoms with Gasteiger partial charge in [0.25, 0.3) is 5.91 Å². The van der Waals surface area contributed by atoms with Crippen LogP contribution in [0, 0.1) is 0 Å². The maximum atomic E-state index is 13.2. The summed E-state index contributed by atoms with van der Waals surface area (Å²) < 4.78 is 72.3. The Hall–Kier alpha value is -3.39. The Bertz CT molecular complexity index is 1460. The van der Waals surface area contributed by atoms with Crippen LogP contribution in [0.25, 0.3) is 0 Å². The van der Waals surface area contributed by atoms with Crippen molar-refractivity contribution in [3.05, 3.63) is 76.4 Å². The number of alkyl halides is 3. The zero-order chi connectivity index (χ0) is 28.4. The van der Waals surface area contributed by atoms with Crippen molar-refractivity contribution in [2.45, 2.75) is 17.6 Å². The largest absolute Gasteiger partial charge is 0.496 e. The van der Waals surface area contributed by atoms with E-state index in [2.05, 4.69) is 10.3 Å². The molecule has 9 nitrogen and oxygen atoms in total. The number of benzene rings is 2. The van der Waals surface area contributed by atoms with Gasteiger partial charge in [-0.05, 0) is 54.1 Å². The number of piperazine rings is 1. The smallest absolute Gasteiger partial charge is 0.416 e. The number of anilines is 2. The molecule has 1 aromatic heterocycles. The number of ether oxygens (including phenoxy) is 1. The molecule has 4 rings (SSSR count). The molecule has 0 unspecified atom stereocenters. The van der Waals surface area contributed by atoms with Gasteiger partial charge in [0.2, 0.25) is 10.0 Å². The Morgan fingerprint density at radius 1 is 1.08 bits per heavy atom. The second kappa shape index (κ2) is 11.4. The van der Waals surface area contributed by atoms with Crippen molar-refractivity contribution in [1.29, 1.82) is 0 Å². The molecule has 3 aromatic rings. The van der Waals surface area contributed by atoms with Crippen LogP contribution in [0.4, 0.5) is 24.7 Å². The number of rotatable bonds is 7. The Balaban J connectivity index is 1.43. The maximum Gasteiger partial charge on any atom is 0.416 e. The summed E-state index contributed by atoms with van der Waals surface area (Å²) in [6.07, 6.45) is -4.58. The number of nitrogens with zero attached hydrogens (tertiary/aromatic N) is 3. The average molecular weight is 584 g/mol. The van der Waals surface area contributed by atoms with Crippen molar-refractivity contribution in [3.8, 4) is 5.75 Å². The molecule has 0 atom stereocenters. The monoisotopic (exact) mass is 583 g/mol. The second-order valence-corrected chi connectivity index (χ2v) is 11.0. The van der Waals surface area contributed by atoms with Crippen molar-refractivity contribution in [1.82, 2.24) is 9.29 Å². The molecule has 2 aromatic carbocycles. The fraction of sp³-hybridized carbons (Fsp3) is 0.280. The third-order valence-electron chi connectivity index (χ3n) is 6.16. The minimum absolute atomic E-state index is 0.0110. The standard InChI is InChI=1S/C25H25ClF3N5O4S/c1-38-21-7-2-16(15-30)12-20(21)24(35)31-18-3-5-19(6-4-18)39(36,37)34-10-8-33(9-11-34)23-14-17(25(27,28)29)13-22(26)32-23/h2-7,12-14H,8-11,15,30H2,1H3,(H,31,35). The zero-order valence-electron chi connectivity index (χ0n) is 20.7. The van der Waals surface area contributed by atoms with E-state index in [1.165, 1.54) is 35.7 Å². The van der Waals surface area contributed by atoms with E-state index in [9.17, 15) is 26.4 Å². The Morgan fingerprint density at radius 3 is 2.33 bits per heavy atom. The molecular weight excluding hydrogens is 559 g/mol. The van der Waals surface area contributed by atoms with Crippen molar-refractivity contribution in [2.75, 3.05) is 43.5 Å². The Kier molecular flexibility index (Phi) is 8.35. The number of halogens is 4. The lowest BCUT2D eigenvalue weighted by atomic mass is 10.1. The number of hydrogen-bond acceptors (Lipinski definition) is 7. The van der Waals surface area contributed by atoms with E-state index in [1.54, 1.807) is 23.1 Å².